The summed E-state index contributed by atoms with van der Waals surface area (Å²) in [6.45, 7) is 0. The molecule has 2 aromatic rings. The van der Waals surface area contributed by atoms with Crippen LogP contribution in [0.5, 0.6) is 0 Å². The third-order valence-corrected chi connectivity index (χ3v) is 2.61. The highest BCUT2D eigenvalue weighted by Gasteiger charge is 2.20. The first-order valence-corrected chi connectivity index (χ1v) is 5.10. The Labute approximate surface area is 91.4 Å². The number of aryl methyl sites for hydroxylation is 1. The van der Waals surface area contributed by atoms with Gasteiger partial charge in [0.2, 0.25) is 5.78 Å². The van der Waals surface area contributed by atoms with Gasteiger partial charge in [-0.1, -0.05) is 5.21 Å². The SMILES string of the molecule is Cn1nnc(Br)c1C(=O)c1cnsn1. The van der Waals surface area contributed by atoms with E-state index < -0.39 is 0 Å². The second kappa shape index (κ2) is 3.54. The summed E-state index contributed by atoms with van der Waals surface area (Å²) in [6.07, 6.45) is 1.42. The fourth-order valence-electron chi connectivity index (χ4n) is 0.959. The molecule has 2 aromatic heterocycles. The van der Waals surface area contributed by atoms with Crippen LogP contribution in [0.1, 0.15) is 16.2 Å². The normalized spacial score (nSPS) is 10.4. The molecule has 2 heterocycles. The monoisotopic (exact) mass is 273 g/mol. The molecule has 6 nitrogen and oxygen atoms in total. The standard InChI is InChI=1S/C6H4BrN5OS/c1-12-4(6(7)9-11-12)5(13)3-2-8-14-10-3/h2H,1H3. The van der Waals surface area contributed by atoms with E-state index in [4.69, 9.17) is 0 Å². The number of nitrogens with zero attached hydrogens (tertiary/aromatic N) is 5. The van der Waals surface area contributed by atoms with E-state index in [1.807, 2.05) is 0 Å². The fraction of sp³-hybridized carbons (Fsp3) is 0.167. The van der Waals surface area contributed by atoms with Gasteiger partial charge in [-0.3, -0.25) is 4.79 Å². The number of aromatic nitrogens is 5. The lowest BCUT2D eigenvalue weighted by molar-refractivity contribution is 0.102. The molecular formula is C6H4BrN5OS. The molecule has 0 radical (unpaired) electrons. The van der Waals surface area contributed by atoms with Crippen LogP contribution in [-0.2, 0) is 7.05 Å². The highest BCUT2D eigenvalue weighted by atomic mass is 79.9. The number of carbonyl (C=O) groups excluding carboxylic acids is 1. The van der Waals surface area contributed by atoms with Crippen molar-refractivity contribution in [3.63, 3.8) is 0 Å². The van der Waals surface area contributed by atoms with Crippen molar-refractivity contribution in [1.29, 1.82) is 0 Å². The Balaban J connectivity index is 2.46. The minimum Gasteiger partial charge on any atom is -0.285 e. The maximum atomic E-state index is 11.8. The molecule has 0 bridgehead atoms. The van der Waals surface area contributed by atoms with Gasteiger partial charge in [0.25, 0.3) is 0 Å². The average Bonchev–Trinajstić information content (AvgIpc) is 2.75. The molecule has 0 saturated heterocycles. The zero-order valence-corrected chi connectivity index (χ0v) is 9.41. The molecule has 0 atom stereocenters. The third-order valence-electron chi connectivity index (χ3n) is 1.59. The predicted molar refractivity (Wildman–Crippen MR) is 52.0 cm³/mol. The van der Waals surface area contributed by atoms with Crippen LogP contribution >= 0.6 is 27.7 Å². The summed E-state index contributed by atoms with van der Waals surface area (Å²) in [5.74, 6) is -0.238. The predicted octanol–water partition coefficient (Wildman–Crippen LogP) is 0.660. The van der Waals surface area contributed by atoms with Crippen LogP contribution in [-0.4, -0.2) is 29.5 Å². The zero-order valence-electron chi connectivity index (χ0n) is 7.01. The van der Waals surface area contributed by atoms with E-state index in [1.54, 1.807) is 7.05 Å². The molecule has 0 N–H and O–H groups in total. The number of carbonyl (C=O) groups is 1. The lowest BCUT2D eigenvalue weighted by atomic mass is 10.2. The molecule has 2 rings (SSSR count). The summed E-state index contributed by atoms with van der Waals surface area (Å²) in [5, 5.41) is 7.41. The number of hydrogen-bond acceptors (Lipinski definition) is 6. The zero-order chi connectivity index (χ0) is 10.1. The van der Waals surface area contributed by atoms with Gasteiger partial charge >= 0.3 is 0 Å². The van der Waals surface area contributed by atoms with Gasteiger partial charge in [0.05, 0.1) is 17.9 Å². The van der Waals surface area contributed by atoms with Crippen LogP contribution in [0.2, 0.25) is 0 Å². The van der Waals surface area contributed by atoms with Gasteiger partial charge in [-0.2, -0.15) is 8.75 Å². The first-order chi connectivity index (χ1) is 6.70. The summed E-state index contributed by atoms with van der Waals surface area (Å²) in [4.78, 5) is 11.8. The second-order valence-electron chi connectivity index (χ2n) is 2.47. The molecule has 0 aliphatic carbocycles. The first-order valence-electron chi connectivity index (χ1n) is 3.57. The van der Waals surface area contributed by atoms with Crippen molar-refractivity contribution in [2.45, 2.75) is 0 Å². The van der Waals surface area contributed by atoms with Gasteiger partial charge in [0.15, 0.2) is 4.60 Å². The van der Waals surface area contributed by atoms with Crippen LogP contribution in [0.3, 0.4) is 0 Å². The average molecular weight is 274 g/mol. The first kappa shape index (κ1) is 9.41. The second-order valence-corrected chi connectivity index (χ2v) is 3.78. The Morgan fingerprint density at radius 2 is 2.43 bits per heavy atom. The molecule has 0 amide bonds. The minimum atomic E-state index is -0.238. The van der Waals surface area contributed by atoms with Crippen molar-refractivity contribution in [1.82, 2.24) is 23.7 Å². The van der Waals surface area contributed by atoms with Crippen molar-refractivity contribution in [3.8, 4) is 0 Å². The van der Waals surface area contributed by atoms with Gasteiger partial charge in [0.1, 0.15) is 11.4 Å². The maximum absolute atomic E-state index is 11.8. The lowest BCUT2D eigenvalue weighted by Crippen LogP contribution is -2.09. The highest BCUT2D eigenvalue weighted by molar-refractivity contribution is 9.10. The van der Waals surface area contributed by atoms with Crippen LogP contribution in [0.4, 0.5) is 0 Å². The van der Waals surface area contributed by atoms with Gasteiger partial charge < -0.3 is 0 Å². The smallest absolute Gasteiger partial charge is 0.234 e. The van der Waals surface area contributed by atoms with Gasteiger partial charge in [-0.15, -0.1) is 5.10 Å². The molecule has 0 aromatic carbocycles. The van der Waals surface area contributed by atoms with Gasteiger partial charge in [-0.05, 0) is 15.9 Å². The largest absolute Gasteiger partial charge is 0.285 e. The van der Waals surface area contributed by atoms with Crippen LogP contribution in [0.25, 0.3) is 0 Å². The Hall–Kier alpha value is -1.15. The molecule has 0 fully saturated rings. The summed E-state index contributed by atoms with van der Waals surface area (Å²) < 4.78 is 9.41. The fourth-order valence-corrected chi connectivity index (χ4v) is 1.88. The van der Waals surface area contributed by atoms with Crippen molar-refractivity contribution >= 4 is 33.4 Å². The molecule has 14 heavy (non-hydrogen) atoms. The van der Waals surface area contributed by atoms with E-state index >= 15 is 0 Å². The molecule has 0 spiro atoms. The third kappa shape index (κ3) is 1.46. The Morgan fingerprint density at radius 3 is 2.93 bits per heavy atom. The summed E-state index contributed by atoms with van der Waals surface area (Å²) in [6, 6.07) is 0. The van der Waals surface area contributed by atoms with E-state index in [-0.39, 0.29) is 5.78 Å². The lowest BCUT2D eigenvalue weighted by Gasteiger charge is -1.95. The number of hydrogen-bond donors (Lipinski definition) is 0. The quantitative estimate of drug-likeness (QED) is 0.752. The Morgan fingerprint density at radius 1 is 1.64 bits per heavy atom. The van der Waals surface area contributed by atoms with E-state index in [2.05, 4.69) is 35.0 Å². The van der Waals surface area contributed by atoms with E-state index in [0.29, 0.717) is 16.0 Å². The minimum absolute atomic E-state index is 0.238. The Bertz CT molecular complexity index is 445. The van der Waals surface area contributed by atoms with Crippen molar-refractivity contribution < 1.29 is 4.79 Å². The number of halogens is 1. The van der Waals surface area contributed by atoms with Crippen molar-refractivity contribution in [3.05, 3.63) is 22.2 Å². The van der Waals surface area contributed by atoms with E-state index in [0.717, 1.165) is 11.7 Å². The molecule has 0 aliphatic heterocycles. The van der Waals surface area contributed by atoms with E-state index in [1.165, 1.54) is 10.9 Å². The van der Waals surface area contributed by atoms with Crippen molar-refractivity contribution in [2.24, 2.45) is 7.05 Å². The van der Waals surface area contributed by atoms with Crippen molar-refractivity contribution in [2.75, 3.05) is 0 Å². The highest BCUT2D eigenvalue weighted by Crippen LogP contribution is 2.15. The summed E-state index contributed by atoms with van der Waals surface area (Å²) >= 11 is 4.13. The van der Waals surface area contributed by atoms with E-state index in [9.17, 15) is 4.79 Å². The van der Waals surface area contributed by atoms with Crippen LogP contribution in [0.15, 0.2) is 10.8 Å². The van der Waals surface area contributed by atoms with Gasteiger partial charge in [0, 0.05) is 7.05 Å². The summed E-state index contributed by atoms with van der Waals surface area (Å²) in [7, 11) is 1.64. The molecule has 72 valence electrons. The summed E-state index contributed by atoms with van der Waals surface area (Å²) in [5.41, 5.74) is 0.679. The molecular weight excluding hydrogens is 270 g/mol. The topological polar surface area (TPSA) is 73.6 Å². The molecule has 0 saturated carbocycles. The number of ketones is 1. The maximum Gasteiger partial charge on any atom is 0.234 e. The molecule has 8 heteroatoms. The molecule has 0 unspecified atom stereocenters. The Kier molecular flexibility index (Phi) is 2.38. The van der Waals surface area contributed by atoms with Gasteiger partial charge in [-0.25, -0.2) is 4.68 Å². The number of rotatable bonds is 2. The van der Waals surface area contributed by atoms with Crippen LogP contribution < -0.4 is 0 Å². The van der Waals surface area contributed by atoms with Crippen LogP contribution in [0, 0.1) is 0 Å². The molecule has 0 aliphatic rings.